The van der Waals surface area contributed by atoms with Gasteiger partial charge in [0.25, 0.3) is 0 Å². The van der Waals surface area contributed by atoms with Crippen LogP contribution in [0.25, 0.3) is 10.9 Å². The number of nitrogens with one attached hydrogen (secondary N) is 3. The van der Waals surface area contributed by atoms with Gasteiger partial charge in [-0.05, 0) is 44.0 Å². The van der Waals surface area contributed by atoms with E-state index in [9.17, 15) is 4.79 Å². The Morgan fingerprint density at radius 2 is 2.05 bits per heavy atom. The number of para-hydroxylation sites is 1. The molecule has 1 aromatic carbocycles. The van der Waals surface area contributed by atoms with Crippen LogP contribution in [0.4, 0.5) is 0 Å². The van der Waals surface area contributed by atoms with E-state index in [0.717, 1.165) is 25.8 Å². The molecule has 2 aromatic rings. The number of hydrogen-bond donors (Lipinski definition) is 3. The van der Waals surface area contributed by atoms with Crippen LogP contribution in [-0.2, 0) is 17.6 Å². The molecule has 0 aliphatic carbocycles. The van der Waals surface area contributed by atoms with E-state index in [1.165, 1.54) is 22.0 Å². The summed E-state index contributed by atoms with van der Waals surface area (Å²) in [7, 11) is 1.90. The minimum Gasteiger partial charge on any atom is -0.361 e. The van der Waals surface area contributed by atoms with Crippen LogP contribution in [0.3, 0.4) is 0 Å². The molecule has 3 N–H and O–H groups in total. The number of amides is 1. The highest BCUT2D eigenvalue weighted by molar-refractivity contribution is 5.86. The maximum Gasteiger partial charge on any atom is 0.220 e. The summed E-state index contributed by atoms with van der Waals surface area (Å²) in [6.45, 7) is 3.75. The maximum absolute atomic E-state index is 11.7. The number of aryl methyl sites for hydroxylation is 1. The van der Waals surface area contributed by atoms with Crippen molar-refractivity contribution < 1.29 is 4.79 Å². The number of fused-ring (bicyclic) bond motifs is 1. The van der Waals surface area contributed by atoms with E-state index in [2.05, 4.69) is 46.9 Å². The molecule has 122 valence electrons. The highest BCUT2D eigenvalue weighted by atomic mass is 35.5. The number of hydrogen-bond acceptors (Lipinski definition) is 2. The van der Waals surface area contributed by atoms with Crippen molar-refractivity contribution in [2.75, 3.05) is 20.1 Å². The van der Waals surface area contributed by atoms with E-state index < -0.39 is 0 Å². The number of aromatic amines is 1. The van der Waals surface area contributed by atoms with Crippen molar-refractivity contribution in [1.29, 1.82) is 0 Å². The van der Waals surface area contributed by atoms with E-state index in [1.807, 2.05) is 7.05 Å². The summed E-state index contributed by atoms with van der Waals surface area (Å²) in [6, 6.07) is 6.41. The van der Waals surface area contributed by atoms with Crippen LogP contribution >= 0.6 is 12.4 Å². The van der Waals surface area contributed by atoms with Gasteiger partial charge in [-0.3, -0.25) is 4.79 Å². The Labute approximate surface area is 138 Å². The van der Waals surface area contributed by atoms with Crippen LogP contribution in [0.2, 0.25) is 0 Å². The molecule has 0 unspecified atom stereocenters. The molecule has 0 saturated heterocycles. The largest absolute Gasteiger partial charge is 0.361 e. The van der Waals surface area contributed by atoms with E-state index in [4.69, 9.17) is 0 Å². The molecular formula is C17H26ClN3O. The van der Waals surface area contributed by atoms with E-state index in [-0.39, 0.29) is 18.3 Å². The van der Waals surface area contributed by atoms with Gasteiger partial charge >= 0.3 is 0 Å². The number of benzene rings is 1. The van der Waals surface area contributed by atoms with Gasteiger partial charge in [-0.15, -0.1) is 12.4 Å². The molecule has 0 spiro atoms. The van der Waals surface area contributed by atoms with Crippen LogP contribution in [0.15, 0.2) is 24.4 Å². The van der Waals surface area contributed by atoms with Crippen molar-refractivity contribution in [1.82, 2.24) is 15.6 Å². The summed E-state index contributed by atoms with van der Waals surface area (Å²) < 4.78 is 0. The molecule has 1 heterocycles. The first-order chi connectivity index (χ1) is 10.3. The summed E-state index contributed by atoms with van der Waals surface area (Å²) in [5, 5.41) is 7.32. The lowest BCUT2D eigenvalue weighted by molar-refractivity contribution is -0.121. The molecule has 1 aromatic heterocycles. The summed E-state index contributed by atoms with van der Waals surface area (Å²) in [6.07, 6.45) is 5.44. The van der Waals surface area contributed by atoms with Gasteiger partial charge in [0, 0.05) is 30.1 Å². The molecule has 2 rings (SSSR count). The zero-order chi connectivity index (χ0) is 15.1. The maximum atomic E-state index is 11.7. The second-order valence-electron chi connectivity index (χ2n) is 5.31. The average Bonchev–Trinajstić information content (AvgIpc) is 2.91. The zero-order valence-corrected chi connectivity index (χ0v) is 14.2. The van der Waals surface area contributed by atoms with E-state index >= 15 is 0 Å². The summed E-state index contributed by atoms with van der Waals surface area (Å²) >= 11 is 0. The molecule has 0 bridgehead atoms. The Balaban J connectivity index is 0.00000242. The van der Waals surface area contributed by atoms with Gasteiger partial charge in [0.2, 0.25) is 5.91 Å². The van der Waals surface area contributed by atoms with Crippen molar-refractivity contribution in [3.63, 3.8) is 0 Å². The van der Waals surface area contributed by atoms with Crippen molar-refractivity contribution >= 4 is 29.2 Å². The van der Waals surface area contributed by atoms with Gasteiger partial charge in [-0.1, -0.05) is 25.1 Å². The van der Waals surface area contributed by atoms with Gasteiger partial charge in [0.15, 0.2) is 0 Å². The van der Waals surface area contributed by atoms with Crippen molar-refractivity contribution in [3.8, 4) is 0 Å². The van der Waals surface area contributed by atoms with Gasteiger partial charge in [0.1, 0.15) is 0 Å². The lowest BCUT2D eigenvalue weighted by atomic mass is 10.1. The molecule has 22 heavy (non-hydrogen) atoms. The average molecular weight is 324 g/mol. The predicted molar refractivity (Wildman–Crippen MR) is 94.8 cm³/mol. The highest BCUT2D eigenvalue weighted by Gasteiger charge is 2.07. The Morgan fingerprint density at radius 1 is 1.23 bits per heavy atom. The molecule has 0 radical (unpaired) electrons. The fraction of sp³-hybridized carbons (Fsp3) is 0.471. The minimum absolute atomic E-state index is 0. The van der Waals surface area contributed by atoms with E-state index in [0.29, 0.717) is 13.0 Å². The van der Waals surface area contributed by atoms with Crippen molar-refractivity contribution in [3.05, 3.63) is 35.5 Å². The Hall–Kier alpha value is -1.52. The second-order valence-corrected chi connectivity index (χ2v) is 5.31. The van der Waals surface area contributed by atoms with Crippen LogP contribution in [0, 0.1) is 0 Å². The molecular weight excluding hydrogens is 298 g/mol. The van der Waals surface area contributed by atoms with Crippen LogP contribution in [0.5, 0.6) is 0 Å². The molecule has 0 aliphatic heterocycles. The monoisotopic (exact) mass is 323 g/mol. The highest BCUT2D eigenvalue weighted by Crippen LogP contribution is 2.22. The standard InChI is InChI=1S/C17H25N3O.ClH/c1-3-13-6-4-7-15-14(12-20-17(13)15)9-11-19-16(21)8-5-10-18-2;/h4,6-7,12,18,20H,3,5,8-11H2,1-2H3,(H,19,21);1H. The number of H-pyrrole nitrogens is 1. The van der Waals surface area contributed by atoms with Gasteiger partial charge < -0.3 is 15.6 Å². The summed E-state index contributed by atoms with van der Waals surface area (Å²) in [5.41, 5.74) is 3.85. The third kappa shape index (κ3) is 4.75. The lowest BCUT2D eigenvalue weighted by Gasteiger charge is -2.05. The zero-order valence-electron chi connectivity index (χ0n) is 13.4. The first-order valence-corrected chi connectivity index (χ1v) is 7.75. The molecule has 0 aliphatic rings. The number of carbonyl (C=O) groups is 1. The van der Waals surface area contributed by atoms with Crippen LogP contribution < -0.4 is 10.6 Å². The quantitative estimate of drug-likeness (QED) is 0.654. The molecule has 1 amide bonds. The molecule has 0 fully saturated rings. The topological polar surface area (TPSA) is 56.9 Å². The number of rotatable bonds is 8. The third-order valence-electron chi connectivity index (χ3n) is 3.82. The fourth-order valence-corrected chi connectivity index (χ4v) is 2.63. The van der Waals surface area contributed by atoms with Gasteiger partial charge in [-0.25, -0.2) is 0 Å². The van der Waals surface area contributed by atoms with E-state index in [1.54, 1.807) is 0 Å². The minimum atomic E-state index is 0. The Morgan fingerprint density at radius 3 is 2.77 bits per heavy atom. The molecule has 4 nitrogen and oxygen atoms in total. The van der Waals surface area contributed by atoms with Crippen molar-refractivity contribution in [2.24, 2.45) is 0 Å². The lowest BCUT2D eigenvalue weighted by Crippen LogP contribution is -2.26. The molecule has 5 heteroatoms. The molecule has 0 atom stereocenters. The van der Waals surface area contributed by atoms with Crippen molar-refractivity contribution in [2.45, 2.75) is 32.6 Å². The van der Waals surface area contributed by atoms with Gasteiger partial charge in [-0.2, -0.15) is 0 Å². The summed E-state index contributed by atoms with van der Waals surface area (Å²) in [4.78, 5) is 15.0. The van der Waals surface area contributed by atoms with Gasteiger partial charge in [0.05, 0.1) is 0 Å². The Bertz CT molecular complexity index is 595. The third-order valence-corrected chi connectivity index (χ3v) is 3.82. The first-order valence-electron chi connectivity index (χ1n) is 7.75. The smallest absolute Gasteiger partial charge is 0.220 e. The number of aromatic nitrogens is 1. The summed E-state index contributed by atoms with van der Waals surface area (Å²) in [5.74, 6) is 0.138. The fourth-order valence-electron chi connectivity index (χ4n) is 2.63. The molecule has 0 saturated carbocycles. The number of carbonyl (C=O) groups excluding carboxylic acids is 1. The SMILES string of the molecule is CCc1cccc2c(CCNC(=O)CCCNC)c[nH]c12.Cl. The Kier molecular flexibility index (Phi) is 7.99. The van der Waals surface area contributed by atoms with Crippen LogP contribution in [-0.4, -0.2) is 31.0 Å². The normalized spacial score (nSPS) is 10.5. The first kappa shape index (κ1) is 18.5. The predicted octanol–water partition coefficient (Wildman–Crippen LogP) is 2.81. The number of halogens is 1. The van der Waals surface area contributed by atoms with Crippen LogP contribution in [0.1, 0.15) is 30.9 Å². The second kappa shape index (κ2) is 9.49.